The van der Waals surface area contributed by atoms with Gasteiger partial charge in [0.15, 0.2) is 0 Å². The lowest BCUT2D eigenvalue weighted by Crippen LogP contribution is -2.42. The zero-order chi connectivity index (χ0) is 21.2. The first-order valence-electron chi connectivity index (χ1n) is 9.00. The highest BCUT2D eigenvalue weighted by Gasteiger charge is 2.24. The van der Waals surface area contributed by atoms with Crippen LogP contribution in [-0.2, 0) is 17.3 Å². The van der Waals surface area contributed by atoms with E-state index in [1.807, 2.05) is 19.9 Å². The highest BCUT2D eigenvalue weighted by molar-refractivity contribution is 6.42. The Kier molecular flexibility index (Phi) is 6.78. The van der Waals surface area contributed by atoms with Gasteiger partial charge in [0.1, 0.15) is 12.4 Å². The molecule has 28 heavy (non-hydrogen) atoms. The van der Waals surface area contributed by atoms with Crippen LogP contribution in [0.1, 0.15) is 50.7 Å². The van der Waals surface area contributed by atoms with Crippen molar-refractivity contribution in [2.45, 2.75) is 46.1 Å². The number of benzene rings is 1. The van der Waals surface area contributed by atoms with Gasteiger partial charge in [-0.25, -0.2) is 0 Å². The van der Waals surface area contributed by atoms with Crippen LogP contribution in [-0.4, -0.2) is 39.1 Å². The fourth-order valence-corrected chi connectivity index (χ4v) is 2.87. The number of anilines is 1. The highest BCUT2D eigenvalue weighted by Crippen LogP contribution is 2.25. The van der Waals surface area contributed by atoms with Crippen LogP contribution in [0, 0.1) is 0 Å². The van der Waals surface area contributed by atoms with Crippen LogP contribution in [0.15, 0.2) is 24.3 Å². The predicted octanol–water partition coefficient (Wildman–Crippen LogP) is 4.51. The number of aryl methyl sites for hydroxylation is 1. The standard InChI is InChI=1S/C20H26Cl2N4O2/c1-12(2)26(19(28)13-7-8-14(21)15(22)9-13)11-18(27)23-17-10-16(20(3,4)5)24-25(17)6/h7-10,12H,11H2,1-6H3,(H,23,27). The lowest BCUT2D eigenvalue weighted by Gasteiger charge is -2.26. The topological polar surface area (TPSA) is 67.2 Å². The Hall–Kier alpha value is -2.05. The summed E-state index contributed by atoms with van der Waals surface area (Å²) < 4.78 is 1.62. The fourth-order valence-electron chi connectivity index (χ4n) is 2.57. The molecule has 0 spiro atoms. The van der Waals surface area contributed by atoms with E-state index in [1.54, 1.807) is 23.9 Å². The molecular formula is C20H26Cl2N4O2. The van der Waals surface area contributed by atoms with Gasteiger partial charge in [-0.1, -0.05) is 44.0 Å². The van der Waals surface area contributed by atoms with Crippen LogP contribution in [0.5, 0.6) is 0 Å². The SMILES string of the molecule is CC(C)N(CC(=O)Nc1cc(C(C)(C)C)nn1C)C(=O)c1ccc(Cl)c(Cl)c1. The molecule has 2 aromatic rings. The number of carbonyl (C=O) groups is 2. The van der Waals surface area contributed by atoms with E-state index in [0.29, 0.717) is 21.4 Å². The molecule has 1 heterocycles. The van der Waals surface area contributed by atoms with Gasteiger partial charge in [0, 0.05) is 30.1 Å². The third-order valence-corrected chi connectivity index (χ3v) is 5.02. The van der Waals surface area contributed by atoms with Gasteiger partial charge in [-0.15, -0.1) is 0 Å². The maximum Gasteiger partial charge on any atom is 0.254 e. The van der Waals surface area contributed by atoms with E-state index < -0.39 is 0 Å². The second-order valence-electron chi connectivity index (χ2n) is 7.99. The summed E-state index contributed by atoms with van der Waals surface area (Å²) in [5.41, 5.74) is 1.12. The lowest BCUT2D eigenvalue weighted by molar-refractivity contribution is -0.117. The number of halogens is 2. The summed E-state index contributed by atoms with van der Waals surface area (Å²) in [6, 6.07) is 6.35. The molecule has 1 aromatic carbocycles. The molecule has 0 aliphatic rings. The van der Waals surface area contributed by atoms with Gasteiger partial charge in [0.25, 0.3) is 5.91 Å². The van der Waals surface area contributed by atoms with Crippen molar-refractivity contribution in [2.24, 2.45) is 7.05 Å². The van der Waals surface area contributed by atoms with Crippen molar-refractivity contribution in [3.63, 3.8) is 0 Å². The largest absolute Gasteiger partial charge is 0.327 e. The summed E-state index contributed by atoms with van der Waals surface area (Å²) in [7, 11) is 1.77. The van der Waals surface area contributed by atoms with Crippen molar-refractivity contribution in [3.8, 4) is 0 Å². The normalized spacial score (nSPS) is 11.6. The molecule has 152 valence electrons. The summed E-state index contributed by atoms with van der Waals surface area (Å²) in [6.45, 7) is 9.77. The van der Waals surface area contributed by atoms with Gasteiger partial charge >= 0.3 is 0 Å². The second-order valence-corrected chi connectivity index (χ2v) is 8.81. The van der Waals surface area contributed by atoms with Crippen molar-refractivity contribution in [1.29, 1.82) is 0 Å². The predicted molar refractivity (Wildman–Crippen MR) is 113 cm³/mol. The molecule has 1 aromatic heterocycles. The molecule has 0 radical (unpaired) electrons. The number of carbonyl (C=O) groups excluding carboxylic acids is 2. The average Bonchev–Trinajstić information content (AvgIpc) is 2.95. The van der Waals surface area contributed by atoms with E-state index in [9.17, 15) is 9.59 Å². The second kappa shape index (κ2) is 8.53. The van der Waals surface area contributed by atoms with Crippen LogP contribution < -0.4 is 5.32 Å². The first-order chi connectivity index (χ1) is 12.9. The smallest absolute Gasteiger partial charge is 0.254 e. The minimum absolute atomic E-state index is 0.0905. The molecule has 0 bridgehead atoms. The van der Waals surface area contributed by atoms with Crippen LogP contribution in [0.3, 0.4) is 0 Å². The quantitative estimate of drug-likeness (QED) is 0.766. The third kappa shape index (κ3) is 5.26. The van der Waals surface area contributed by atoms with Crippen molar-refractivity contribution in [3.05, 3.63) is 45.6 Å². The van der Waals surface area contributed by atoms with Gasteiger partial charge < -0.3 is 10.2 Å². The maximum atomic E-state index is 12.9. The number of hydrogen-bond donors (Lipinski definition) is 1. The Balaban J connectivity index is 2.16. The van der Waals surface area contributed by atoms with Crippen LogP contribution in [0.25, 0.3) is 0 Å². The molecule has 0 atom stereocenters. The zero-order valence-electron chi connectivity index (χ0n) is 17.0. The van der Waals surface area contributed by atoms with Gasteiger partial charge in [-0.2, -0.15) is 5.10 Å². The number of aromatic nitrogens is 2. The number of nitrogens with one attached hydrogen (secondary N) is 1. The summed E-state index contributed by atoms with van der Waals surface area (Å²) in [4.78, 5) is 27.0. The van der Waals surface area contributed by atoms with Gasteiger partial charge in [-0.05, 0) is 32.0 Å². The Labute approximate surface area is 175 Å². The van der Waals surface area contributed by atoms with E-state index >= 15 is 0 Å². The lowest BCUT2D eigenvalue weighted by atomic mass is 9.92. The van der Waals surface area contributed by atoms with E-state index in [4.69, 9.17) is 23.2 Å². The molecular weight excluding hydrogens is 399 g/mol. The summed E-state index contributed by atoms with van der Waals surface area (Å²) in [5, 5.41) is 7.95. The van der Waals surface area contributed by atoms with Gasteiger partial charge in [-0.3, -0.25) is 14.3 Å². The molecule has 6 nitrogen and oxygen atoms in total. The Morgan fingerprint density at radius 1 is 1.18 bits per heavy atom. The zero-order valence-corrected chi connectivity index (χ0v) is 18.5. The van der Waals surface area contributed by atoms with Gasteiger partial charge in [0.05, 0.1) is 15.7 Å². The molecule has 2 amide bonds. The number of rotatable bonds is 5. The molecule has 0 saturated heterocycles. The van der Waals surface area contributed by atoms with Crippen LogP contribution in [0.2, 0.25) is 10.0 Å². The molecule has 2 rings (SSSR count). The van der Waals surface area contributed by atoms with Crippen molar-refractivity contribution >= 4 is 40.8 Å². The molecule has 0 aliphatic heterocycles. The maximum absolute atomic E-state index is 12.9. The van der Waals surface area contributed by atoms with Crippen molar-refractivity contribution in [2.75, 3.05) is 11.9 Å². The number of amides is 2. The van der Waals surface area contributed by atoms with Gasteiger partial charge in [0.2, 0.25) is 5.91 Å². The summed E-state index contributed by atoms with van der Waals surface area (Å²) >= 11 is 11.9. The van der Waals surface area contributed by atoms with E-state index in [0.717, 1.165) is 5.69 Å². The minimum Gasteiger partial charge on any atom is -0.327 e. The van der Waals surface area contributed by atoms with E-state index in [-0.39, 0.29) is 29.8 Å². The fraction of sp³-hybridized carbons (Fsp3) is 0.450. The molecule has 0 unspecified atom stereocenters. The molecule has 1 N–H and O–H groups in total. The van der Waals surface area contributed by atoms with Crippen LogP contribution in [0.4, 0.5) is 5.82 Å². The average molecular weight is 425 g/mol. The molecule has 0 aliphatic carbocycles. The molecule has 0 saturated carbocycles. The van der Waals surface area contributed by atoms with Crippen molar-refractivity contribution < 1.29 is 9.59 Å². The minimum atomic E-state index is -0.300. The highest BCUT2D eigenvalue weighted by atomic mass is 35.5. The Morgan fingerprint density at radius 3 is 2.32 bits per heavy atom. The summed E-state index contributed by atoms with van der Waals surface area (Å²) in [6.07, 6.45) is 0. The van der Waals surface area contributed by atoms with E-state index in [1.165, 1.54) is 11.0 Å². The number of hydrogen-bond acceptors (Lipinski definition) is 3. The molecule has 0 fully saturated rings. The monoisotopic (exact) mass is 424 g/mol. The molecule has 8 heteroatoms. The number of nitrogens with zero attached hydrogens (tertiary/aromatic N) is 3. The summed E-state index contributed by atoms with van der Waals surface area (Å²) in [5.74, 6) is -0.00436. The first-order valence-corrected chi connectivity index (χ1v) is 9.76. The Bertz CT molecular complexity index is 885. The Morgan fingerprint density at radius 2 is 1.82 bits per heavy atom. The van der Waals surface area contributed by atoms with Crippen LogP contribution >= 0.6 is 23.2 Å². The first kappa shape index (κ1) is 22.2. The van der Waals surface area contributed by atoms with Crippen molar-refractivity contribution in [1.82, 2.24) is 14.7 Å². The third-order valence-electron chi connectivity index (χ3n) is 4.28. The van der Waals surface area contributed by atoms with E-state index in [2.05, 4.69) is 31.2 Å².